The summed E-state index contributed by atoms with van der Waals surface area (Å²) in [4.78, 5) is 53.8. The predicted molar refractivity (Wildman–Crippen MR) is 119 cm³/mol. The molecule has 1 aliphatic rings. The molecular weight excluding hydrogens is 455 g/mol. The van der Waals surface area contributed by atoms with Crippen molar-refractivity contribution in [1.82, 2.24) is 19.3 Å². The van der Waals surface area contributed by atoms with Crippen LogP contribution in [-0.2, 0) is 32.2 Å². The van der Waals surface area contributed by atoms with Gasteiger partial charge >= 0.3 is 158 Å². The fourth-order valence-corrected chi connectivity index (χ4v) is 15.1. The molecule has 1 saturated heterocycles. The summed E-state index contributed by atoms with van der Waals surface area (Å²) in [6.07, 6.45) is 0. The topological polar surface area (TPSA) is 108 Å². The van der Waals surface area contributed by atoms with E-state index in [1.807, 2.05) is 0 Å². The molecule has 0 unspecified atom stereocenters. The maximum Gasteiger partial charge on any atom is -0.147 e. The zero-order valence-electron chi connectivity index (χ0n) is 18.6. The standard InChI is InChI=1S/C8H19N4.4C2H3O.2CH3.2ClH.Ti/c1-2-10-5-6-12-8-7-11-4-3-9-1;4*1-2-3;;;;;/h9-11H,1-8H2;4*1H3;2*1H3;2*1H;/q-1;;;;;;;;;+1. The average molecular weight is 494 g/mol. The van der Waals surface area contributed by atoms with Gasteiger partial charge < -0.3 is 0 Å². The molecule has 0 amide bonds. The largest absolute Gasteiger partial charge is 0.147 e. The van der Waals surface area contributed by atoms with E-state index in [1.165, 1.54) is 38.2 Å². The van der Waals surface area contributed by atoms with Crippen LogP contribution in [0.4, 0.5) is 0 Å². The zero-order valence-corrected chi connectivity index (χ0v) is 21.7. The Bertz CT molecular complexity index is 616. The van der Waals surface area contributed by atoms with E-state index in [-0.39, 0.29) is 37.9 Å². The smallest absolute Gasteiger partial charge is 0.147 e. The number of halogens is 2. The monoisotopic (exact) mass is 493 g/mol. The number of hydrogen-bond acceptors (Lipinski definition) is 8. The maximum absolute atomic E-state index is 13.5. The normalized spacial score (nSPS) is 21.1. The van der Waals surface area contributed by atoms with Crippen LogP contribution < -0.4 is 16.0 Å². The van der Waals surface area contributed by atoms with Crippen LogP contribution in [0.15, 0.2) is 0 Å². The van der Waals surface area contributed by atoms with Crippen LogP contribution in [0.25, 0.3) is 0 Å². The van der Waals surface area contributed by atoms with E-state index >= 15 is 0 Å². The number of carbonyl (C=O) groups is 4. The molecule has 0 radical (unpaired) electrons. The Labute approximate surface area is 182 Å². The molecule has 173 valence electrons. The fraction of sp³-hybridized carbons (Fsp3) is 0.778. The van der Waals surface area contributed by atoms with Gasteiger partial charge in [0.25, 0.3) is 0 Å². The summed E-state index contributed by atoms with van der Waals surface area (Å²) in [7, 11) is 0. The van der Waals surface area contributed by atoms with Crippen molar-refractivity contribution in [3.8, 4) is 0 Å². The van der Waals surface area contributed by atoms with Crippen LogP contribution in [0.3, 0.4) is 0 Å². The quantitative estimate of drug-likeness (QED) is 0.484. The molecule has 1 heterocycles. The second-order valence-electron chi connectivity index (χ2n) is 9.61. The summed E-state index contributed by atoms with van der Waals surface area (Å²) in [6.45, 7) is 9.48. The van der Waals surface area contributed by atoms with Crippen molar-refractivity contribution >= 4 is 41.2 Å². The molecule has 0 aromatic carbocycles. The van der Waals surface area contributed by atoms with Gasteiger partial charge in [0.15, 0.2) is 0 Å². The SMILES string of the molecule is C[C](=O)[Ti]([CH3])([CH3])([C](C)=O)([C](C)=O)([C](C)=O)[N]1CCNCCNCCNCC1.Cl.Cl. The number of carbonyl (C=O) groups excluding carboxylic acids is 4. The summed E-state index contributed by atoms with van der Waals surface area (Å²) >= 11 is -6.88. The Morgan fingerprint density at radius 1 is 0.586 bits per heavy atom. The van der Waals surface area contributed by atoms with Crippen molar-refractivity contribution < 1.29 is 32.2 Å². The number of nitrogens with one attached hydrogen (secondary N) is 3. The summed E-state index contributed by atoms with van der Waals surface area (Å²) in [5.41, 5.74) is 0. The second-order valence-corrected chi connectivity index (χ2v) is 27.9. The molecule has 0 aromatic rings. The summed E-state index contributed by atoms with van der Waals surface area (Å²) < 4.78 is -0.672. The Balaban J connectivity index is 0. The van der Waals surface area contributed by atoms with Crippen LogP contribution in [0.5, 0.6) is 0 Å². The van der Waals surface area contributed by atoms with Gasteiger partial charge in [-0.15, -0.1) is 24.8 Å². The van der Waals surface area contributed by atoms with Crippen molar-refractivity contribution in [2.45, 2.75) is 38.2 Å². The van der Waals surface area contributed by atoms with Gasteiger partial charge in [-0.25, -0.2) is 0 Å². The van der Waals surface area contributed by atoms with Crippen molar-refractivity contribution in [1.29, 1.82) is 0 Å². The van der Waals surface area contributed by atoms with Crippen molar-refractivity contribution in [2.24, 2.45) is 0 Å². The molecule has 3 N–H and O–H groups in total. The summed E-state index contributed by atoms with van der Waals surface area (Å²) in [5.74, 6) is 0. The minimum absolute atomic E-state index is 0. The molecule has 11 heteroatoms. The van der Waals surface area contributed by atoms with Crippen molar-refractivity contribution in [3.05, 3.63) is 0 Å². The number of hydrogen-bond donors (Lipinski definition) is 3. The van der Waals surface area contributed by atoms with Gasteiger partial charge in [-0.3, -0.25) is 0 Å². The molecule has 8 nitrogen and oxygen atoms in total. The van der Waals surface area contributed by atoms with Crippen LogP contribution in [0, 0.1) is 0 Å². The molecule has 29 heavy (non-hydrogen) atoms. The van der Waals surface area contributed by atoms with Crippen LogP contribution >= 0.6 is 24.8 Å². The van der Waals surface area contributed by atoms with Gasteiger partial charge in [0.05, 0.1) is 0 Å². The predicted octanol–water partition coefficient (Wildman–Crippen LogP) is 0.873. The summed E-state index contributed by atoms with van der Waals surface area (Å²) in [6, 6.07) is 0. The van der Waals surface area contributed by atoms with E-state index < -0.39 is 29.3 Å². The Morgan fingerprint density at radius 3 is 1.07 bits per heavy atom. The zero-order chi connectivity index (χ0) is 21.0. The van der Waals surface area contributed by atoms with Crippen LogP contribution in [0.1, 0.15) is 27.7 Å². The van der Waals surface area contributed by atoms with Crippen LogP contribution in [0.2, 0.25) is 10.5 Å². The fourth-order valence-electron chi connectivity index (χ4n) is 4.54. The van der Waals surface area contributed by atoms with E-state index in [0.29, 0.717) is 26.2 Å². The number of rotatable bonds is 5. The van der Waals surface area contributed by atoms with Gasteiger partial charge in [0.1, 0.15) is 0 Å². The van der Waals surface area contributed by atoms with Gasteiger partial charge in [0, 0.05) is 0 Å². The molecule has 0 bridgehead atoms. The Kier molecular flexibility index (Phi) is 9.76. The second kappa shape index (κ2) is 9.13. The van der Waals surface area contributed by atoms with Crippen LogP contribution in [-0.4, -0.2) is 72.1 Å². The van der Waals surface area contributed by atoms with E-state index in [1.54, 1.807) is 3.38 Å². The summed E-state index contributed by atoms with van der Waals surface area (Å²) in [5, 5.41) is 12.7. The molecule has 0 aromatic heterocycles. The molecule has 0 spiro atoms. The van der Waals surface area contributed by atoms with Gasteiger partial charge in [-0.1, -0.05) is 0 Å². The Morgan fingerprint density at radius 2 is 0.828 bits per heavy atom. The third-order valence-corrected chi connectivity index (χ3v) is 30.9. The first-order valence-corrected chi connectivity index (χ1v) is 16.7. The van der Waals surface area contributed by atoms with E-state index in [9.17, 15) is 19.2 Å². The molecule has 1 rings (SSSR count). The van der Waals surface area contributed by atoms with E-state index in [4.69, 9.17) is 0 Å². The molecule has 0 atom stereocenters. The minimum atomic E-state index is -6.88. The molecule has 0 saturated carbocycles. The third-order valence-electron chi connectivity index (χ3n) is 8.90. The maximum atomic E-state index is 13.5. The first kappa shape index (κ1) is 31.0. The average Bonchev–Trinajstić information content (AvgIpc) is 2.55. The molecule has 1 aliphatic heterocycles. The Hall–Kier alpha value is -0.186. The molecular formula is C18H39Cl2N4O4Ti. The minimum Gasteiger partial charge on any atom is -0.147 e. The van der Waals surface area contributed by atoms with Gasteiger partial charge in [-0.2, -0.15) is 0 Å². The van der Waals surface area contributed by atoms with Crippen molar-refractivity contribution in [2.75, 3.05) is 52.4 Å². The van der Waals surface area contributed by atoms with Gasteiger partial charge in [-0.05, 0) is 0 Å². The van der Waals surface area contributed by atoms with E-state index in [0.717, 1.165) is 13.1 Å². The first-order valence-electron chi connectivity index (χ1n) is 9.79. The molecule has 1 fully saturated rings. The van der Waals surface area contributed by atoms with E-state index in [2.05, 4.69) is 16.0 Å². The van der Waals surface area contributed by atoms with Gasteiger partial charge in [0.2, 0.25) is 0 Å². The first-order chi connectivity index (χ1) is 12.3. The molecule has 0 aliphatic carbocycles. The number of nitrogens with zero attached hydrogens (tertiary/aromatic N) is 1. The third kappa shape index (κ3) is 3.40. The van der Waals surface area contributed by atoms with Crippen molar-refractivity contribution in [3.63, 3.8) is 0 Å².